The largest absolute Gasteiger partial charge is 0.440 e. The molecule has 0 aliphatic carbocycles. The fourth-order valence-electron chi connectivity index (χ4n) is 2.02. The molecule has 1 aromatic carbocycles. The number of hydrogen-bond donors (Lipinski definition) is 1. The average molecular weight is 275 g/mol. The zero-order valence-corrected chi connectivity index (χ0v) is 11.5. The van der Waals surface area contributed by atoms with E-state index in [1.807, 2.05) is 6.92 Å². The second kappa shape index (κ2) is 6.29. The number of nitrogens with one attached hydrogen (secondary N) is 1. The summed E-state index contributed by atoms with van der Waals surface area (Å²) in [4.78, 5) is 14.9. The van der Waals surface area contributed by atoms with E-state index >= 15 is 0 Å². The molecule has 0 unspecified atom stereocenters. The monoisotopic (exact) mass is 275 g/mol. The highest BCUT2D eigenvalue weighted by Gasteiger charge is 2.20. The second-order valence-electron chi connectivity index (χ2n) is 4.45. The van der Waals surface area contributed by atoms with E-state index in [1.54, 1.807) is 31.3 Å². The van der Waals surface area contributed by atoms with Crippen LogP contribution in [0.1, 0.15) is 18.4 Å². The Bertz CT molecular complexity index is 607. The number of nitrogens with zero attached hydrogens (tertiary/aromatic N) is 2. The molecule has 1 aromatic heterocycles. The van der Waals surface area contributed by atoms with Crippen LogP contribution in [-0.4, -0.2) is 23.0 Å². The van der Waals surface area contributed by atoms with Crippen LogP contribution in [0.2, 0.25) is 0 Å². The average Bonchev–Trinajstić information content (AvgIpc) is 2.87. The first-order valence-electron chi connectivity index (χ1n) is 6.53. The van der Waals surface area contributed by atoms with Gasteiger partial charge in [0.2, 0.25) is 0 Å². The minimum atomic E-state index is -0.383. The number of nitro groups is 1. The topological polar surface area (TPSA) is 81.2 Å². The van der Waals surface area contributed by atoms with Gasteiger partial charge in [0.25, 0.3) is 5.69 Å². The number of benzene rings is 1. The normalized spacial score (nSPS) is 10.7. The summed E-state index contributed by atoms with van der Waals surface area (Å²) in [5.74, 6) is 1.02. The molecule has 0 aliphatic heterocycles. The summed E-state index contributed by atoms with van der Waals surface area (Å²) in [6.45, 7) is 5.39. The zero-order chi connectivity index (χ0) is 14.5. The third-order valence-electron chi connectivity index (χ3n) is 3.00. The number of nitro benzene ring substituents is 1. The molecule has 0 aliphatic rings. The van der Waals surface area contributed by atoms with E-state index in [-0.39, 0.29) is 10.6 Å². The van der Waals surface area contributed by atoms with Crippen molar-refractivity contribution in [2.45, 2.75) is 20.3 Å². The molecule has 0 bridgehead atoms. The Morgan fingerprint density at radius 2 is 2.25 bits per heavy atom. The number of aromatic nitrogens is 1. The van der Waals surface area contributed by atoms with Crippen LogP contribution in [0.3, 0.4) is 0 Å². The highest BCUT2D eigenvalue weighted by Crippen LogP contribution is 2.32. The van der Waals surface area contributed by atoms with Crippen molar-refractivity contribution in [2.24, 2.45) is 0 Å². The quantitative estimate of drug-likeness (QED) is 0.498. The van der Waals surface area contributed by atoms with Gasteiger partial charge in [-0.3, -0.25) is 10.1 Å². The van der Waals surface area contributed by atoms with Gasteiger partial charge in [-0.25, -0.2) is 4.98 Å². The predicted octanol–water partition coefficient (Wildman–Crippen LogP) is 2.71. The van der Waals surface area contributed by atoms with Crippen LogP contribution in [0.25, 0.3) is 11.3 Å². The first kappa shape index (κ1) is 14.2. The number of hydrogen-bond acceptors (Lipinski definition) is 5. The molecule has 1 heterocycles. The summed E-state index contributed by atoms with van der Waals surface area (Å²) in [7, 11) is 0. The van der Waals surface area contributed by atoms with Gasteiger partial charge >= 0.3 is 0 Å². The standard InChI is InChI=1S/C14H17N3O3/c1-3-15-8-7-13-16-9-12(20-13)11-6-4-5-10(2)14(11)17(18)19/h4-6,9,15H,3,7-8H2,1-2H3. The molecular formula is C14H17N3O3. The van der Waals surface area contributed by atoms with Crippen LogP contribution in [0.15, 0.2) is 28.8 Å². The minimum absolute atomic E-state index is 0.0712. The van der Waals surface area contributed by atoms with Crippen LogP contribution in [0.5, 0.6) is 0 Å². The van der Waals surface area contributed by atoms with E-state index in [9.17, 15) is 10.1 Å². The predicted molar refractivity (Wildman–Crippen MR) is 75.6 cm³/mol. The van der Waals surface area contributed by atoms with Gasteiger partial charge < -0.3 is 9.73 Å². The third-order valence-corrected chi connectivity index (χ3v) is 3.00. The number of para-hydroxylation sites is 1. The van der Waals surface area contributed by atoms with Gasteiger partial charge in [0.1, 0.15) is 0 Å². The SMILES string of the molecule is CCNCCc1ncc(-c2cccc(C)c2[N+](=O)[O-])o1. The van der Waals surface area contributed by atoms with Crippen LogP contribution < -0.4 is 5.32 Å². The van der Waals surface area contributed by atoms with Gasteiger partial charge in [-0.05, 0) is 19.5 Å². The van der Waals surface area contributed by atoms with Crippen molar-refractivity contribution in [1.82, 2.24) is 10.3 Å². The highest BCUT2D eigenvalue weighted by atomic mass is 16.6. The molecule has 106 valence electrons. The molecule has 0 radical (unpaired) electrons. The Hall–Kier alpha value is -2.21. The van der Waals surface area contributed by atoms with Crippen molar-refractivity contribution in [3.8, 4) is 11.3 Å². The Morgan fingerprint density at radius 1 is 1.45 bits per heavy atom. The fraction of sp³-hybridized carbons (Fsp3) is 0.357. The number of oxazole rings is 1. The molecule has 6 heteroatoms. The van der Waals surface area contributed by atoms with E-state index in [0.717, 1.165) is 13.1 Å². The van der Waals surface area contributed by atoms with Gasteiger partial charge in [0.15, 0.2) is 11.7 Å². The van der Waals surface area contributed by atoms with E-state index in [4.69, 9.17) is 4.42 Å². The zero-order valence-electron chi connectivity index (χ0n) is 11.5. The maximum atomic E-state index is 11.2. The number of aryl methyl sites for hydroxylation is 1. The molecule has 2 rings (SSSR count). The second-order valence-corrected chi connectivity index (χ2v) is 4.45. The van der Waals surface area contributed by atoms with Crippen LogP contribution in [-0.2, 0) is 6.42 Å². The van der Waals surface area contributed by atoms with E-state index < -0.39 is 0 Å². The maximum absolute atomic E-state index is 11.2. The number of likely N-dealkylation sites (N-methyl/N-ethyl adjacent to an activating group) is 1. The molecule has 0 atom stereocenters. The van der Waals surface area contributed by atoms with Crippen molar-refractivity contribution in [1.29, 1.82) is 0 Å². The summed E-state index contributed by atoms with van der Waals surface area (Å²) in [5.41, 5.74) is 1.15. The maximum Gasteiger partial charge on any atom is 0.283 e. The first-order valence-corrected chi connectivity index (χ1v) is 6.53. The summed E-state index contributed by atoms with van der Waals surface area (Å²) in [6.07, 6.45) is 2.20. The van der Waals surface area contributed by atoms with Gasteiger partial charge in [0, 0.05) is 18.5 Å². The van der Waals surface area contributed by atoms with E-state index in [1.165, 1.54) is 0 Å². The Balaban J connectivity index is 2.28. The molecule has 2 aromatic rings. The molecule has 1 N–H and O–H groups in total. The van der Waals surface area contributed by atoms with Crippen LogP contribution >= 0.6 is 0 Å². The lowest BCUT2D eigenvalue weighted by Gasteiger charge is -2.02. The van der Waals surface area contributed by atoms with Crippen molar-refractivity contribution in [2.75, 3.05) is 13.1 Å². The lowest BCUT2D eigenvalue weighted by Crippen LogP contribution is -2.16. The molecule has 0 spiro atoms. The summed E-state index contributed by atoms with van der Waals surface area (Å²) < 4.78 is 5.61. The third kappa shape index (κ3) is 3.03. The minimum Gasteiger partial charge on any atom is -0.440 e. The summed E-state index contributed by atoms with van der Waals surface area (Å²) in [5, 5.41) is 14.3. The Kier molecular flexibility index (Phi) is 4.47. The Labute approximate surface area is 117 Å². The molecule has 20 heavy (non-hydrogen) atoms. The van der Waals surface area contributed by atoms with Crippen LogP contribution in [0, 0.1) is 17.0 Å². The Morgan fingerprint density at radius 3 is 2.95 bits per heavy atom. The van der Waals surface area contributed by atoms with E-state index in [2.05, 4.69) is 10.3 Å². The smallest absolute Gasteiger partial charge is 0.283 e. The lowest BCUT2D eigenvalue weighted by atomic mass is 10.1. The van der Waals surface area contributed by atoms with Gasteiger partial charge in [0.05, 0.1) is 16.7 Å². The number of rotatable bonds is 6. The van der Waals surface area contributed by atoms with Crippen molar-refractivity contribution >= 4 is 5.69 Å². The van der Waals surface area contributed by atoms with Crippen molar-refractivity contribution in [3.05, 3.63) is 46.0 Å². The molecule has 0 fully saturated rings. The lowest BCUT2D eigenvalue weighted by molar-refractivity contribution is -0.384. The van der Waals surface area contributed by atoms with Gasteiger partial charge in [-0.1, -0.05) is 19.1 Å². The first-order chi connectivity index (χ1) is 9.63. The van der Waals surface area contributed by atoms with Gasteiger partial charge in [-0.2, -0.15) is 0 Å². The molecule has 0 amide bonds. The highest BCUT2D eigenvalue weighted by molar-refractivity contribution is 5.71. The molecular weight excluding hydrogens is 258 g/mol. The van der Waals surface area contributed by atoms with E-state index in [0.29, 0.717) is 29.2 Å². The molecule has 6 nitrogen and oxygen atoms in total. The fourth-order valence-corrected chi connectivity index (χ4v) is 2.02. The van der Waals surface area contributed by atoms with Crippen molar-refractivity contribution < 1.29 is 9.34 Å². The summed E-state index contributed by atoms with van der Waals surface area (Å²) >= 11 is 0. The molecule has 0 saturated carbocycles. The molecule has 0 saturated heterocycles. The van der Waals surface area contributed by atoms with Crippen LogP contribution in [0.4, 0.5) is 5.69 Å². The summed E-state index contributed by atoms with van der Waals surface area (Å²) in [6, 6.07) is 5.17. The van der Waals surface area contributed by atoms with Crippen molar-refractivity contribution in [3.63, 3.8) is 0 Å². The van der Waals surface area contributed by atoms with Gasteiger partial charge in [-0.15, -0.1) is 0 Å².